The topological polar surface area (TPSA) is 70.4 Å². The minimum atomic E-state index is -4.41. The standard InChI is InChI=1S/C24H17F3N4O/c25-24(26,27)19-10-8-18(9-11-19)22-14-21(17-4-2-1-3-5-17)29-23(30-22)31-28-15-16-6-12-20(32)13-7-16/h1-15,32H,(H,29,30,31). The van der Waals surface area contributed by atoms with Gasteiger partial charge in [-0.25, -0.2) is 15.4 Å². The number of anilines is 1. The van der Waals surface area contributed by atoms with Crippen molar-refractivity contribution in [1.29, 1.82) is 0 Å². The smallest absolute Gasteiger partial charge is 0.416 e. The second-order valence-corrected chi connectivity index (χ2v) is 6.86. The third-order valence-corrected chi connectivity index (χ3v) is 4.57. The van der Waals surface area contributed by atoms with Gasteiger partial charge in [-0.3, -0.25) is 0 Å². The normalized spacial score (nSPS) is 11.6. The second kappa shape index (κ2) is 8.89. The van der Waals surface area contributed by atoms with E-state index in [2.05, 4.69) is 20.5 Å². The first-order valence-corrected chi connectivity index (χ1v) is 9.59. The fraction of sp³-hybridized carbons (Fsp3) is 0.0417. The number of hydrogen-bond acceptors (Lipinski definition) is 5. The number of phenols is 1. The van der Waals surface area contributed by atoms with Gasteiger partial charge in [0.2, 0.25) is 5.95 Å². The number of aromatic nitrogens is 2. The molecule has 0 spiro atoms. The van der Waals surface area contributed by atoms with Crippen LogP contribution in [-0.4, -0.2) is 21.3 Å². The van der Waals surface area contributed by atoms with E-state index >= 15 is 0 Å². The lowest BCUT2D eigenvalue weighted by Gasteiger charge is -2.10. The van der Waals surface area contributed by atoms with E-state index in [1.165, 1.54) is 30.5 Å². The monoisotopic (exact) mass is 434 g/mol. The molecule has 0 aliphatic rings. The molecule has 2 N–H and O–H groups in total. The number of nitrogens with zero attached hydrogens (tertiary/aromatic N) is 3. The fourth-order valence-corrected chi connectivity index (χ4v) is 2.96. The zero-order valence-electron chi connectivity index (χ0n) is 16.6. The lowest BCUT2D eigenvalue weighted by molar-refractivity contribution is -0.137. The molecule has 1 heterocycles. The predicted molar refractivity (Wildman–Crippen MR) is 117 cm³/mol. The maximum atomic E-state index is 12.9. The molecule has 160 valence electrons. The van der Waals surface area contributed by atoms with Crippen LogP contribution in [0.2, 0.25) is 0 Å². The van der Waals surface area contributed by atoms with Crippen LogP contribution in [0, 0.1) is 0 Å². The Kier molecular flexibility index (Phi) is 5.85. The van der Waals surface area contributed by atoms with Crippen molar-refractivity contribution in [2.24, 2.45) is 5.10 Å². The molecule has 4 rings (SSSR count). The summed E-state index contributed by atoms with van der Waals surface area (Å²) in [5.41, 5.74) is 5.18. The van der Waals surface area contributed by atoms with E-state index in [1.54, 1.807) is 18.2 Å². The van der Waals surface area contributed by atoms with Crippen molar-refractivity contribution in [3.8, 4) is 28.3 Å². The third kappa shape index (κ3) is 5.10. The summed E-state index contributed by atoms with van der Waals surface area (Å²) in [5, 5.41) is 13.5. The molecule has 5 nitrogen and oxygen atoms in total. The highest BCUT2D eigenvalue weighted by Gasteiger charge is 2.30. The van der Waals surface area contributed by atoms with Crippen LogP contribution in [0.4, 0.5) is 19.1 Å². The number of aromatic hydroxyl groups is 1. The molecule has 0 fully saturated rings. The summed E-state index contributed by atoms with van der Waals surface area (Å²) in [6.45, 7) is 0. The molecule has 4 aromatic rings. The molecular weight excluding hydrogens is 417 g/mol. The first kappa shape index (κ1) is 21.0. The number of alkyl halides is 3. The van der Waals surface area contributed by atoms with E-state index in [-0.39, 0.29) is 11.7 Å². The minimum absolute atomic E-state index is 0.148. The van der Waals surface area contributed by atoms with E-state index in [0.717, 1.165) is 23.3 Å². The van der Waals surface area contributed by atoms with E-state index in [1.807, 2.05) is 30.3 Å². The van der Waals surface area contributed by atoms with Crippen molar-refractivity contribution in [2.75, 3.05) is 5.43 Å². The number of nitrogens with one attached hydrogen (secondary N) is 1. The van der Waals surface area contributed by atoms with Crippen molar-refractivity contribution in [2.45, 2.75) is 6.18 Å². The van der Waals surface area contributed by atoms with Crippen molar-refractivity contribution in [3.05, 3.63) is 96.1 Å². The van der Waals surface area contributed by atoms with Crippen LogP contribution in [0.1, 0.15) is 11.1 Å². The number of benzene rings is 3. The SMILES string of the molecule is Oc1ccc(C=NNc2nc(-c3ccccc3)cc(-c3ccc(C(F)(F)F)cc3)n2)cc1. The van der Waals surface area contributed by atoms with Crippen LogP contribution in [0.3, 0.4) is 0 Å². The maximum Gasteiger partial charge on any atom is 0.416 e. The summed E-state index contributed by atoms with van der Waals surface area (Å²) in [7, 11) is 0. The van der Waals surface area contributed by atoms with Gasteiger partial charge in [-0.2, -0.15) is 18.3 Å². The Hall–Kier alpha value is -4.20. The van der Waals surface area contributed by atoms with Gasteiger partial charge in [0.1, 0.15) is 5.75 Å². The average Bonchev–Trinajstić information content (AvgIpc) is 2.80. The Balaban J connectivity index is 1.67. The van der Waals surface area contributed by atoms with Crippen LogP contribution < -0.4 is 5.43 Å². The number of rotatable bonds is 5. The minimum Gasteiger partial charge on any atom is -0.508 e. The molecule has 1 aromatic heterocycles. The molecule has 0 saturated heterocycles. The zero-order chi connectivity index (χ0) is 22.6. The van der Waals surface area contributed by atoms with Gasteiger partial charge in [0.05, 0.1) is 23.2 Å². The van der Waals surface area contributed by atoms with Crippen LogP contribution in [0.5, 0.6) is 5.75 Å². The second-order valence-electron chi connectivity index (χ2n) is 6.86. The van der Waals surface area contributed by atoms with Gasteiger partial charge in [-0.1, -0.05) is 42.5 Å². The molecular formula is C24H17F3N4O. The Morgan fingerprint density at radius 1 is 0.781 bits per heavy atom. The van der Waals surface area contributed by atoms with Crippen LogP contribution in [0.25, 0.3) is 22.5 Å². The molecule has 3 aromatic carbocycles. The van der Waals surface area contributed by atoms with Gasteiger partial charge in [-0.05, 0) is 48.0 Å². The quantitative estimate of drug-likeness (QED) is 0.299. The van der Waals surface area contributed by atoms with Crippen LogP contribution in [0.15, 0.2) is 90.0 Å². The summed E-state index contributed by atoms with van der Waals surface area (Å²) in [6, 6.07) is 22.3. The molecule has 0 radical (unpaired) electrons. The van der Waals surface area contributed by atoms with Gasteiger partial charge in [-0.15, -0.1) is 0 Å². The summed E-state index contributed by atoms with van der Waals surface area (Å²) < 4.78 is 38.7. The molecule has 32 heavy (non-hydrogen) atoms. The maximum absolute atomic E-state index is 12.9. The molecule has 8 heteroatoms. The molecule has 0 aliphatic carbocycles. The van der Waals surface area contributed by atoms with Crippen molar-refractivity contribution in [3.63, 3.8) is 0 Å². The van der Waals surface area contributed by atoms with Gasteiger partial charge in [0.15, 0.2) is 0 Å². The van der Waals surface area contributed by atoms with Crippen molar-refractivity contribution < 1.29 is 18.3 Å². The average molecular weight is 434 g/mol. The molecule has 0 unspecified atom stereocenters. The molecule has 0 aliphatic heterocycles. The molecule has 0 atom stereocenters. The summed E-state index contributed by atoms with van der Waals surface area (Å²) in [5.74, 6) is 0.339. The fourth-order valence-electron chi connectivity index (χ4n) is 2.96. The van der Waals surface area contributed by atoms with Gasteiger partial charge < -0.3 is 5.11 Å². The van der Waals surface area contributed by atoms with E-state index < -0.39 is 11.7 Å². The van der Waals surface area contributed by atoms with Crippen molar-refractivity contribution >= 4 is 12.2 Å². The first-order valence-electron chi connectivity index (χ1n) is 9.59. The first-order chi connectivity index (χ1) is 15.4. The van der Waals surface area contributed by atoms with E-state index in [4.69, 9.17) is 0 Å². The predicted octanol–water partition coefficient (Wildman–Crippen LogP) is 5.98. The third-order valence-electron chi connectivity index (χ3n) is 4.57. The lowest BCUT2D eigenvalue weighted by Crippen LogP contribution is -2.04. The van der Waals surface area contributed by atoms with Gasteiger partial charge in [0, 0.05) is 11.1 Å². The van der Waals surface area contributed by atoms with Crippen molar-refractivity contribution in [1.82, 2.24) is 9.97 Å². The summed E-state index contributed by atoms with van der Waals surface area (Å²) in [4.78, 5) is 8.88. The van der Waals surface area contributed by atoms with Gasteiger partial charge in [0.25, 0.3) is 0 Å². The largest absolute Gasteiger partial charge is 0.508 e. The number of phenolic OH excluding ortho intramolecular Hbond substituents is 1. The molecule has 0 saturated carbocycles. The Morgan fingerprint density at radius 2 is 1.38 bits per heavy atom. The van der Waals surface area contributed by atoms with Crippen LogP contribution >= 0.6 is 0 Å². The number of hydrazone groups is 1. The highest BCUT2D eigenvalue weighted by atomic mass is 19.4. The highest BCUT2D eigenvalue weighted by Crippen LogP contribution is 2.31. The van der Waals surface area contributed by atoms with E-state index in [0.29, 0.717) is 17.0 Å². The summed E-state index contributed by atoms with van der Waals surface area (Å²) in [6.07, 6.45) is -2.87. The molecule has 0 amide bonds. The Morgan fingerprint density at radius 3 is 1.97 bits per heavy atom. The van der Waals surface area contributed by atoms with Gasteiger partial charge >= 0.3 is 6.18 Å². The Bertz CT molecular complexity index is 1220. The Labute approximate surface area is 181 Å². The number of hydrogen-bond donors (Lipinski definition) is 2. The number of halogens is 3. The zero-order valence-corrected chi connectivity index (χ0v) is 16.6. The lowest BCUT2D eigenvalue weighted by atomic mass is 10.1. The molecule has 0 bridgehead atoms. The van der Waals surface area contributed by atoms with E-state index in [9.17, 15) is 18.3 Å². The summed E-state index contributed by atoms with van der Waals surface area (Å²) >= 11 is 0. The highest BCUT2D eigenvalue weighted by molar-refractivity contribution is 5.80. The van der Waals surface area contributed by atoms with Crippen LogP contribution in [-0.2, 0) is 6.18 Å².